The van der Waals surface area contributed by atoms with Crippen molar-refractivity contribution in [2.45, 2.75) is 25.8 Å². The molecule has 6 heteroatoms. The number of nitrogens with zero attached hydrogens (tertiary/aromatic N) is 2. The first-order valence-electron chi connectivity index (χ1n) is 6.30. The van der Waals surface area contributed by atoms with E-state index < -0.39 is 0 Å². The average Bonchev–Trinajstić information content (AvgIpc) is 2.75. The van der Waals surface area contributed by atoms with Crippen molar-refractivity contribution in [2.24, 2.45) is 0 Å². The molecular formula is C12H20N4O2. The Labute approximate surface area is 107 Å². The molecule has 100 valence electrons. The lowest BCUT2D eigenvalue weighted by Gasteiger charge is -2.30. The lowest BCUT2D eigenvalue weighted by Crippen LogP contribution is -2.44. The average molecular weight is 252 g/mol. The summed E-state index contributed by atoms with van der Waals surface area (Å²) in [6.07, 6.45) is 2.18. The van der Waals surface area contributed by atoms with E-state index in [0.29, 0.717) is 24.2 Å². The van der Waals surface area contributed by atoms with Gasteiger partial charge in [-0.2, -0.15) is 0 Å². The summed E-state index contributed by atoms with van der Waals surface area (Å²) < 4.78 is 4.90. The van der Waals surface area contributed by atoms with Gasteiger partial charge in [0.25, 0.3) is 0 Å². The van der Waals surface area contributed by atoms with Gasteiger partial charge in [-0.1, -0.05) is 5.16 Å². The van der Waals surface area contributed by atoms with Gasteiger partial charge in [0.15, 0.2) is 5.82 Å². The van der Waals surface area contributed by atoms with Crippen molar-refractivity contribution in [1.29, 1.82) is 0 Å². The van der Waals surface area contributed by atoms with Crippen LogP contribution in [0.4, 0.5) is 5.82 Å². The number of rotatable bonds is 4. The number of carbonyl (C=O) groups is 1. The van der Waals surface area contributed by atoms with Crippen molar-refractivity contribution in [3.05, 3.63) is 11.8 Å². The largest absolute Gasteiger partial charge is 0.360 e. The molecule has 1 aromatic heterocycles. The Morgan fingerprint density at radius 3 is 2.83 bits per heavy atom. The summed E-state index contributed by atoms with van der Waals surface area (Å²) >= 11 is 0. The highest BCUT2D eigenvalue weighted by Gasteiger charge is 2.19. The monoisotopic (exact) mass is 252 g/mol. The molecule has 1 aliphatic rings. The lowest BCUT2D eigenvalue weighted by molar-refractivity contribution is -0.117. The van der Waals surface area contributed by atoms with E-state index in [0.717, 1.165) is 25.9 Å². The van der Waals surface area contributed by atoms with E-state index in [1.807, 2.05) is 7.05 Å². The van der Waals surface area contributed by atoms with Crippen LogP contribution < -0.4 is 10.6 Å². The van der Waals surface area contributed by atoms with Gasteiger partial charge in [0.1, 0.15) is 5.76 Å². The third-order valence-electron chi connectivity index (χ3n) is 3.26. The number of aryl methyl sites for hydroxylation is 1. The van der Waals surface area contributed by atoms with E-state index in [9.17, 15) is 4.79 Å². The fraction of sp³-hybridized carbons (Fsp3) is 0.667. The Morgan fingerprint density at radius 2 is 2.28 bits per heavy atom. The molecule has 1 aliphatic heterocycles. The van der Waals surface area contributed by atoms with Crippen LogP contribution in [-0.2, 0) is 4.79 Å². The maximum Gasteiger partial charge on any atom is 0.239 e. The minimum Gasteiger partial charge on any atom is -0.360 e. The zero-order valence-electron chi connectivity index (χ0n) is 10.9. The fourth-order valence-electron chi connectivity index (χ4n) is 2.19. The Bertz CT molecular complexity index is 397. The molecule has 2 N–H and O–H groups in total. The number of piperidine rings is 1. The van der Waals surface area contributed by atoms with Gasteiger partial charge in [0, 0.05) is 25.2 Å². The quantitative estimate of drug-likeness (QED) is 0.821. The molecule has 0 atom stereocenters. The molecule has 6 nitrogen and oxygen atoms in total. The lowest BCUT2D eigenvalue weighted by atomic mass is 10.1. The topological polar surface area (TPSA) is 70.4 Å². The minimum absolute atomic E-state index is 0.0359. The maximum absolute atomic E-state index is 11.8. The zero-order chi connectivity index (χ0) is 13.0. The maximum atomic E-state index is 11.8. The summed E-state index contributed by atoms with van der Waals surface area (Å²) in [4.78, 5) is 14.0. The molecular weight excluding hydrogens is 232 g/mol. The van der Waals surface area contributed by atoms with Crippen LogP contribution in [0.5, 0.6) is 0 Å². The zero-order valence-corrected chi connectivity index (χ0v) is 10.9. The van der Waals surface area contributed by atoms with Crippen LogP contribution in [0, 0.1) is 6.92 Å². The van der Waals surface area contributed by atoms with Gasteiger partial charge < -0.3 is 15.2 Å². The second-order valence-electron chi connectivity index (χ2n) is 4.71. The molecule has 1 amide bonds. The molecule has 0 unspecified atom stereocenters. The first-order valence-corrected chi connectivity index (χ1v) is 6.30. The van der Waals surface area contributed by atoms with Crippen LogP contribution >= 0.6 is 0 Å². The van der Waals surface area contributed by atoms with Crippen LogP contribution in [-0.4, -0.2) is 48.7 Å². The van der Waals surface area contributed by atoms with Crippen molar-refractivity contribution in [3.63, 3.8) is 0 Å². The van der Waals surface area contributed by atoms with E-state index >= 15 is 0 Å². The van der Waals surface area contributed by atoms with E-state index in [4.69, 9.17) is 4.52 Å². The SMILES string of the molecule is CNC1CCN(CC(=O)Nc2cc(C)on2)CC1. The Hall–Kier alpha value is -1.40. The van der Waals surface area contributed by atoms with Crippen LogP contribution in [0.15, 0.2) is 10.6 Å². The Morgan fingerprint density at radius 1 is 1.56 bits per heavy atom. The first-order chi connectivity index (χ1) is 8.67. The molecule has 0 radical (unpaired) electrons. The van der Waals surface area contributed by atoms with Gasteiger partial charge in [0.05, 0.1) is 6.54 Å². The normalized spacial score (nSPS) is 17.9. The van der Waals surface area contributed by atoms with Gasteiger partial charge in [0.2, 0.25) is 5.91 Å². The summed E-state index contributed by atoms with van der Waals surface area (Å²) in [5, 5.41) is 9.74. The highest BCUT2D eigenvalue weighted by Crippen LogP contribution is 2.10. The number of amides is 1. The number of anilines is 1. The summed E-state index contributed by atoms with van der Waals surface area (Å²) in [7, 11) is 1.99. The predicted molar refractivity (Wildman–Crippen MR) is 68.4 cm³/mol. The molecule has 0 saturated carbocycles. The highest BCUT2D eigenvalue weighted by atomic mass is 16.5. The van der Waals surface area contributed by atoms with Crippen molar-refractivity contribution in [3.8, 4) is 0 Å². The van der Waals surface area contributed by atoms with Crippen LogP contribution in [0.1, 0.15) is 18.6 Å². The summed E-state index contributed by atoms with van der Waals surface area (Å²) in [5.74, 6) is 1.15. The number of hydrogen-bond acceptors (Lipinski definition) is 5. The van der Waals surface area contributed by atoms with Gasteiger partial charge in [-0.25, -0.2) is 0 Å². The van der Waals surface area contributed by atoms with Crippen LogP contribution in [0.2, 0.25) is 0 Å². The highest BCUT2D eigenvalue weighted by molar-refractivity contribution is 5.91. The van der Waals surface area contributed by atoms with Crippen molar-refractivity contribution < 1.29 is 9.32 Å². The number of likely N-dealkylation sites (tertiary alicyclic amines) is 1. The van der Waals surface area contributed by atoms with Crippen molar-refractivity contribution in [2.75, 3.05) is 32.0 Å². The smallest absolute Gasteiger partial charge is 0.239 e. The van der Waals surface area contributed by atoms with E-state index in [1.165, 1.54) is 0 Å². The second kappa shape index (κ2) is 5.97. The van der Waals surface area contributed by atoms with Crippen LogP contribution in [0.3, 0.4) is 0 Å². The number of carbonyl (C=O) groups excluding carboxylic acids is 1. The molecule has 1 saturated heterocycles. The van der Waals surface area contributed by atoms with Gasteiger partial charge in [-0.3, -0.25) is 9.69 Å². The Balaban J connectivity index is 1.75. The molecule has 2 rings (SSSR count). The van der Waals surface area contributed by atoms with E-state index in [1.54, 1.807) is 13.0 Å². The van der Waals surface area contributed by atoms with E-state index in [2.05, 4.69) is 20.7 Å². The molecule has 1 aromatic rings. The van der Waals surface area contributed by atoms with E-state index in [-0.39, 0.29) is 5.91 Å². The number of nitrogens with one attached hydrogen (secondary N) is 2. The number of hydrogen-bond donors (Lipinski definition) is 2. The second-order valence-corrected chi connectivity index (χ2v) is 4.71. The standard InChI is InChI=1S/C12H20N4O2/c1-9-7-11(15-18-9)14-12(17)8-16-5-3-10(13-2)4-6-16/h7,10,13H,3-6,8H2,1-2H3,(H,14,15,17). The van der Waals surface area contributed by atoms with Crippen LogP contribution in [0.25, 0.3) is 0 Å². The molecule has 0 spiro atoms. The van der Waals surface area contributed by atoms with Crippen molar-refractivity contribution >= 4 is 11.7 Å². The molecule has 2 heterocycles. The minimum atomic E-state index is -0.0359. The van der Waals surface area contributed by atoms with Gasteiger partial charge in [-0.15, -0.1) is 0 Å². The molecule has 0 aromatic carbocycles. The third-order valence-corrected chi connectivity index (χ3v) is 3.26. The predicted octanol–water partition coefficient (Wildman–Crippen LogP) is 0.605. The first kappa shape index (κ1) is 13.0. The third kappa shape index (κ3) is 3.54. The summed E-state index contributed by atoms with van der Waals surface area (Å²) in [5.41, 5.74) is 0. The summed E-state index contributed by atoms with van der Waals surface area (Å²) in [6, 6.07) is 2.30. The molecule has 0 bridgehead atoms. The Kier molecular flexibility index (Phi) is 4.33. The van der Waals surface area contributed by atoms with Gasteiger partial charge in [-0.05, 0) is 26.8 Å². The fourth-order valence-corrected chi connectivity index (χ4v) is 2.19. The molecule has 18 heavy (non-hydrogen) atoms. The van der Waals surface area contributed by atoms with Crippen molar-refractivity contribution in [1.82, 2.24) is 15.4 Å². The molecule has 0 aliphatic carbocycles. The molecule has 1 fully saturated rings. The number of aromatic nitrogens is 1. The summed E-state index contributed by atoms with van der Waals surface area (Å²) in [6.45, 7) is 4.13. The van der Waals surface area contributed by atoms with Gasteiger partial charge >= 0.3 is 0 Å².